The number of hydrogen-bond donors (Lipinski definition) is 0. The second-order valence-electron chi connectivity index (χ2n) is 1.81. The molecule has 0 N–H and O–H groups in total. The molecule has 0 bridgehead atoms. The zero-order valence-electron chi connectivity index (χ0n) is 6.44. The molecule has 0 saturated heterocycles. The van der Waals surface area contributed by atoms with Gasteiger partial charge in [-0.2, -0.15) is 4.98 Å². The van der Waals surface area contributed by atoms with E-state index in [2.05, 4.69) is 21.8 Å². The highest BCUT2D eigenvalue weighted by Gasteiger charge is 1.93. The second kappa shape index (κ2) is 4.09. The van der Waals surface area contributed by atoms with Crippen molar-refractivity contribution in [3.8, 4) is 17.7 Å². The molecule has 0 atom stereocenters. The number of nitrogens with zero attached hydrogens (tertiary/aromatic N) is 2. The molecule has 1 aromatic heterocycles. The van der Waals surface area contributed by atoms with Crippen LogP contribution in [0.3, 0.4) is 0 Å². The van der Waals surface area contributed by atoms with Crippen molar-refractivity contribution < 1.29 is 9.53 Å². The number of ether oxygens (including phenoxy) is 1. The molecular formula is C8H6N2O2. The van der Waals surface area contributed by atoms with E-state index in [0.29, 0.717) is 12.2 Å². The highest BCUT2D eigenvalue weighted by atomic mass is 16.5. The fourth-order valence-corrected chi connectivity index (χ4v) is 0.610. The van der Waals surface area contributed by atoms with Crippen LogP contribution >= 0.6 is 0 Å². The number of hydrogen-bond acceptors (Lipinski definition) is 4. The van der Waals surface area contributed by atoms with Gasteiger partial charge in [-0.25, -0.2) is 4.98 Å². The van der Waals surface area contributed by atoms with Crippen LogP contribution in [0.25, 0.3) is 0 Å². The summed E-state index contributed by atoms with van der Waals surface area (Å²) in [4.78, 5) is 17.5. The first-order chi connectivity index (χ1) is 5.86. The summed E-state index contributed by atoms with van der Waals surface area (Å²) in [5.41, 5.74) is 0. The lowest BCUT2D eigenvalue weighted by Gasteiger charge is -1.95. The Morgan fingerprint density at radius 2 is 2.50 bits per heavy atom. The van der Waals surface area contributed by atoms with Crippen LogP contribution in [0.4, 0.5) is 0 Å². The van der Waals surface area contributed by atoms with E-state index in [0.717, 1.165) is 0 Å². The van der Waals surface area contributed by atoms with Gasteiger partial charge in [0.25, 0.3) is 0 Å². The predicted molar refractivity (Wildman–Crippen MR) is 41.5 cm³/mol. The van der Waals surface area contributed by atoms with Crippen molar-refractivity contribution in [1.29, 1.82) is 0 Å². The summed E-state index contributed by atoms with van der Waals surface area (Å²) < 4.78 is 4.83. The molecular weight excluding hydrogens is 156 g/mol. The molecule has 0 aliphatic carbocycles. The van der Waals surface area contributed by atoms with Crippen LogP contribution in [0, 0.1) is 11.8 Å². The Hall–Kier alpha value is -1.89. The first-order valence-corrected chi connectivity index (χ1v) is 3.19. The summed E-state index contributed by atoms with van der Waals surface area (Å²) in [5.74, 6) is 5.36. The highest BCUT2D eigenvalue weighted by molar-refractivity contribution is 5.73. The van der Waals surface area contributed by atoms with Crippen LogP contribution in [0.15, 0.2) is 12.3 Å². The molecule has 4 nitrogen and oxygen atoms in total. The topological polar surface area (TPSA) is 52.1 Å². The number of aldehydes is 1. The zero-order valence-corrected chi connectivity index (χ0v) is 6.44. The normalized spacial score (nSPS) is 8.08. The van der Waals surface area contributed by atoms with Crippen molar-refractivity contribution >= 4 is 6.29 Å². The maximum absolute atomic E-state index is 9.87. The SMILES string of the molecule is COc1ccnc(C#CC=O)n1. The summed E-state index contributed by atoms with van der Waals surface area (Å²) in [6.45, 7) is 0. The van der Waals surface area contributed by atoms with Gasteiger partial charge in [0.15, 0.2) is 6.29 Å². The van der Waals surface area contributed by atoms with E-state index >= 15 is 0 Å². The van der Waals surface area contributed by atoms with E-state index in [1.807, 2.05) is 0 Å². The molecule has 4 heteroatoms. The van der Waals surface area contributed by atoms with Crippen LogP contribution in [0.2, 0.25) is 0 Å². The van der Waals surface area contributed by atoms with Gasteiger partial charge in [0, 0.05) is 12.3 Å². The molecule has 0 saturated carbocycles. The Balaban J connectivity index is 2.93. The third kappa shape index (κ3) is 2.06. The Morgan fingerprint density at radius 3 is 3.17 bits per heavy atom. The molecule has 1 rings (SSSR count). The molecule has 0 unspecified atom stereocenters. The molecule has 60 valence electrons. The summed E-state index contributed by atoms with van der Waals surface area (Å²) in [5, 5.41) is 0. The van der Waals surface area contributed by atoms with Gasteiger partial charge in [0.1, 0.15) is 0 Å². The van der Waals surface area contributed by atoms with Crippen molar-refractivity contribution in [3.05, 3.63) is 18.1 Å². The lowest BCUT2D eigenvalue weighted by atomic mass is 10.5. The van der Waals surface area contributed by atoms with E-state index < -0.39 is 0 Å². The maximum atomic E-state index is 9.87. The number of carbonyl (C=O) groups excluding carboxylic acids is 1. The minimum absolute atomic E-state index is 0.279. The number of methoxy groups -OCH3 is 1. The molecule has 0 fully saturated rings. The highest BCUT2D eigenvalue weighted by Crippen LogP contribution is 2.01. The number of aromatic nitrogens is 2. The molecule has 0 spiro atoms. The molecule has 0 amide bonds. The van der Waals surface area contributed by atoms with E-state index in [4.69, 9.17) is 4.74 Å². The van der Waals surface area contributed by atoms with Crippen LogP contribution in [0.1, 0.15) is 5.82 Å². The molecule has 0 aliphatic rings. The van der Waals surface area contributed by atoms with Gasteiger partial charge in [-0.15, -0.1) is 0 Å². The average molecular weight is 162 g/mol. The van der Waals surface area contributed by atoms with E-state index in [1.54, 1.807) is 6.07 Å². The van der Waals surface area contributed by atoms with Crippen molar-refractivity contribution in [1.82, 2.24) is 9.97 Å². The minimum atomic E-state index is 0.279. The molecule has 12 heavy (non-hydrogen) atoms. The van der Waals surface area contributed by atoms with Crippen molar-refractivity contribution in [2.45, 2.75) is 0 Å². The monoisotopic (exact) mass is 162 g/mol. The first-order valence-electron chi connectivity index (χ1n) is 3.19. The Bertz CT molecular complexity index is 338. The van der Waals surface area contributed by atoms with Crippen LogP contribution in [0.5, 0.6) is 5.88 Å². The van der Waals surface area contributed by atoms with E-state index in [1.165, 1.54) is 13.3 Å². The lowest BCUT2D eigenvalue weighted by Crippen LogP contribution is -1.92. The Kier molecular flexibility index (Phi) is 2.79. The molecule has 1 heterocycles. The summed E-state index contributed by atoms with van der Waals surface area (Å²) in [6.07, 6.45) is 2.00. The molecule has 1 aromatic rings. The van der Waals surface area contributed by atoms with E-state index in [-0.39, 0.29) is 5.82 Å². The fraction of sp³-hybridized carbons (Fsp3) is 0.125. The van der Waals surface area contributed by atoms with Crippen LogP contribution in [-0.4, -0.2) is 23.4 Å². The maximum Gasteiger partial charge on any atom is 0.217 e. The van der Waals surface area contributed by atoms with Crippen LogP contribution < -0.4 is 4.74 Å². The fourth-order valence-electron chi connectivity index (χ4n) is 0.610. The van der Waals surface area contributed by atoms with Gasteiger partial charge in [-0.05, 0) is 11.8 Å². The van der Waals surface area contributed by atoms with Crippen molar-refractivity contribution in [2.75, 3.05) is 7.11 Å². The van der Waals surface area contributed by atoms with Gasteiger partial charge in [-0.3, -0.25) is 4.79 Å². The largest absolute Gasteiger partial charge is 0.481 e. The predicted octanol–water partition coefficient (Wildman–Crippen LogP) is 0.0356. The van der Waals surface area contributed by atoms with Crippen molar-refractivity contribution in [3.63, 3.8) is 0 Å². The van der Waals surface area contributed by atoms with Gasteiger partial charge >= 0.3 is 0 Å². The summed E-state index contributed by atoms with van der Waals surface area (Å²) in [6, 6.07) is 1.60. The summed E-state index contributed by atoms with van der Waals surface area (Å²) in [7, 11) is 1.50. The van der Waals surface area contributed by atoms with Gasteiger partial charge < -0.3 is 4.74 Å². The van der Waals surface area contributed by atoms with Gasteiger partial charge in [0.2, 0.25) is 11.7 Å². The smallest absolute Gasteiger partial charge is 0.217 e. The quantitative estimate of drug-likeness (QED) is 0.432. The summed E-state index contributed by atoms with van der Waals surface area (Å²) >= 11 is 0. The number of rotatable bonds is 1. The third-order valence-electron chi connectivity index (χ3n) is 1.08. The third-order valence-corrected chi connectivity index (χ3v) is 1.08. The second-order valence-corrected chi connectivity index (χ2v) is 1.81. The molecule has 0 radical (unpaired) electrons. The van der Waals surface area contributed by atoms with E-state index in [9.17, 15) is 4.79 Å². The Labute approximate surface area is 69.6 Å². The minimum Gasteiger partial charge on any atom is -0.481 e. The molecule has 0 aromatic carbocycles. The average Bonchev–Trinajstić information content (AvgIpc) is 2.15. The number of carbonyl (C=O) groups is 1. The van der Waals surface area contributed by atoms with Crippen LogP contribution in [-0.2, 0) is 4.79 Å². The Morgan fingerprint density at radius 1 is 1.67 bits per heavy atom. The zero-order chi connectivity index (χ0) is 8.81. The first kappa shape index (κ1) is 8.21. The van der Waals surface area contributed by atoms with Crippen molar-refractivity contribution in [2.24, 2.45) is 0 Å². The van der Waals surface area contributed by atoms with Gasteiger partial charge in [0.05, 0.1) is 7.11 Å². The lowest BCUT2D eigenvalue weighted by molar-refractivity contribution is -0.103. The standard InChI is InChI=1S/C8H6N2O2/c1-12-8-4-5-9-7(10-8)3-2-6-11/h4-6H,1H3. The molecule has 0 aliphatic heterocycles. The van der Waals surface area contributed by atoms with Gasteiger partial charge in [-0.1, -0.05) is 0 Å².